The largest absolute Gasteiger partial charge is 0.380 e. The number of thiazole rings is 1. The van der Waals surface area contributed by atoms with Gasteiger partial charge in [0, 0.05) is 17.4 Å². The monoisotopic (exact) mass is 303 g/mol. The molecule has 4 nitrogen and oxygen atoms in total. The second-order valence-corrected chi connectivity index (χ2v) is 9.18. The van der Waals surface area contributed by atoms with E-state index in [2.05, 4.69) is 25.8 Å². The van der Waals surface area contributed by atoms with Gasteiger partial charge < -0.3 is 4.74 Å². The second-order valence-electron chi connectivity index (χ2n) is 6.04. The van der Waals surface area contributed by atoms with E-state index in [9.17, 15) is 8.42 Å². The van der Waals surface area contributed by atoms with Crippen LogP contribution in [0.5, 0.6) is 0 Å². The molecule has 1 unspecified atom stereocenters. The van der Waals surface area contributed by atoms with Crippen molar-refractivity contribution in [3.63, 3.8) is 0 Å². The minimum Gasteiger partial charge on any atom is -0.380 e. The number of hydrogen-bond acceptors (Lipinski definition) is 5. The molecule has 1 aromatic rings. The molecule has 108 valence electrons. The highest BCUT2D eigenvalue weighted by Crippen LogP contribution is 2.27. The van der Waals surface area contributed by atoms with Gasteiger partial charge in [-0.05, 0) is 12.8 Å². The highest BCUT2D eigenvalue weighted by atomic mass is 32.2. The molecule has 0 amide bonds. The number of sulfone groups is 1. The smallest absolute Gasteiger partial charge is 0.161 e. The van der Waals surface area contributed by atoms with Crippen molar-refractivity contribution in [2.24, 2.45) is 0 Å². The van der Waals surface area contributed by atoms with Crippen LogP contribution in [0.1, 0.15) is 44.3 Å². The molecule has 0 saturated carbocycles. The first-order chi connectivity index (χ1) is 8.79. The minimum absolute atomic E-state index is 0.0272. The van der Waals surface area contributed by atoms with Gasteiger partial charge in [0.1, 0.15) is 0 Å². The van der Waals surface area contributed by atoms with Crippen molar-refractivity contribution in [1.82, 2.24) is 4.98 Å². The van der Waals surface area contributed by atoms with E-state index in [1.54, 1.807) is 0 Å². The van der Waals surface area contributed by atoms with Gasteiger partial charge in [-0.3, -0.25) is 0 Å². The topological polar surface area (TPSA) is 56.3 Å². The fraction of sp³-hybridized carbons (Fsp3) is 0.769. The lowest BCUT2D eigenvalue weighted by Gasteiger charge is -2.21. The summed E-state index contributed by atoms with van der Waals surface area (Å²) in [5.41, 5.74) is 0.640. The van der Waals surface area contributed by atoms with E-state index in [-0.39, 0.29) is 16.4 Å². The molecule has 1 aliphatic rings. The normalized spacial score (nSPS) is 21.5. The fourth-order valence-electron chi connectivity index (χ4n) is 2.04. The SMILES string of the molecule is CC(C)(C)c1nc(CS(=O)(=O)C2CCCOC2)cs1. The van der Waals surface area contributed by atoms with Crippen LogP contribution in [-0.2, 0) is 25.7 Å². The average Bonchev–Trinajstić information content (AvgIpc) is 2.78. The first-order valence-corrected chi connectivity index (χ1v) is 9.13. The van der Waals surface area contributed by atoms with E-state index in [0.717, 1.165) is 11.4 Å². The third-order valence-corrected chi connectivity index (χ3v) is 6.57. The standard InChI is InChI=1S/C13H21NO3S2/c1-13(2,3)12-14-10(8-18-12)9-19(15,16)11-5-4-6-17-7-11/h8,11H,4-7,9H2,1-3H3. The summed E-state index contributed by atoms with van der Waals surface area (Å²) in [4.78, 5) is 4.46. The summed E-state index contributed by atoms with van der Waals surface area (Å²) in [7, 11) is -3.15. The van der Waals surface area contributed by atoms with Crippen LogP contribution in [0.15, 0.2) is 5.38 Å². The van der Waals surface area contributed by atoms with Crippen molar-refractivity contribution >= 4 is 21.2 Å². The summed E-state index contributed by atoms with van der Waals surface area (Å²) in [6.07, 6.45) is 1.53. The molecule has 2 heterocycles. The molecule has 1 atom stereocenters. The Morgan fingerprint density at radius 2 is 2.21 bits per heavy atom. The Labute approximate surface area is 119 Å². The predicted octanol–water partition coefficient (Wildman–Crippen LogP) is 2.53. The molecule has 0 aromatic carbocycles. The Kier molecular flexibility index (Phi) is 4.32. The fourth-order valence-corrected chi connectivity index (χ4v) is 4.67. The van der Waals surface area contributed by atoms with Crippen LogP contribution in [-0.4, -0.2) is 31.9 Å². The number of aromatic nitrogens is 1. The van der Waals surface area contributed by atoms with E-state index in [0.29, 0.717) is 25.3 Å². The Bertz CT molecular complexity index is 522. The Hall–Kier alpha value is -0.460. The van der Waals surface area contributed by atoms with E-state index < -0.39 is 9.84 Å². The highest BCUT2D eigenvalue weighted by Gasteiger charge is 2.29. The number of nitrogens with zero attached hydrogens (tertiary/aromatic N) is 1. The van der Waals surface area contributed by atoms with E-state index in [1.165, 1.54) is 11.3 Å². The lowest BCUT2D eigenvalue weighted by Crippen LogP contribution is -2.31. The van der Waals surface area contributed by atoms with Gasteiger partial charge in [-0.15, -0.1) is 11.3 Å². The maximum Gasteiger partial charge on any atom is 0.161 e. The lowest BCUT2D eigenvalue weighted by atomic mass is 9.98. The summed E-state index contributed by atoms with van der Waals surface area (Å²) < 4.78 is 29.9. The molecule has 2 rings (SSSR count). The maximum atomic E-state index is 12.3. The van der Waals surface area contributed by atoms with Gasteiger partial charge in [0.05, 0.1) is 28.3 Å². The van der Waals surface area contributed by atoms with Gasteiger partial charge in [-0.25, -0.2) is 13.4 Å². The van der Waals surface area contributed by atoms with E-state index in [4.69, 9.17) is 4.74 Å². The Balaban J connectivity index is 2.09. The molecule has 1 aliphatic heterocycles. The zero-order valence-electron chi connectivity index (χ0n) is 11.7. The van der Waals surface area contributed by atoms with Crippen LogP contribution >= 0.6 is 11.3 Å². The molecule has 1 fully saturated rings. The summed E-state index contributed by atoms with van der Waals surface area (Å²) in [6, 6.07) is 0. The van der Waals surface area contributed by atoms with Gasteiger partial charge in [0.2, 0.25) is 0 Å². The number of rotatable bonds is 3. The predicted molar refractivity (Wildman–Crippen MR) is 77.3 cm³/mol. The molecule has 6 heteroatoms. The summed E-state index contributed by atoms with van der Waals surface area (Å²) >= 11 is 1.54. The third kappa shape index (κ3) is 3.77. The molecule has 0 aliphatic carbocycles. The van der Waals surface area contributed by atoms with Crippen LogP contribution < -0.4 is 0 Å². The molecule has 1 saturated heterocycles. The van der Waals surface area contributed by atoms with Crippen molar-refractivity contribution in [3.05, 3.63) is 16.1 Å². The zero-order valence-corrected chi connectivity index (χ0v) is 13.3. The van der Waals surface area contributed by atoms with E-state index >= 15 is 0 Å². The van der Waals surface area contributed by atoms with Crippen molar-refractivity contribution < 1.29 is 13.2 Å². The second kappa shape index (κ2) is 5.50. The minimum atomic E-state index is -3.15. The molecular weight excluding hydrogens is 282 g/mol. The molecule has 0 bridgehead atoms. The van der Waals surface area contributed by atoms with Gasteiger partial charge in [0.15, 0.2) is 9.84 Å². The molecular formula is C13H21NO3S2. The molecule has 0 N–H and O–H groups in total. The van der Waals surface area contributed by atoms with Crippen molar-refractivity contribution in [3.8, 4) is 0 Å². The first kappa shape index (κ1) is 14.9. The first-order valence-electron chi connectivity index (χ1n) is 6.53. The van der Waals surface area contributed by atoms with Gasteiger partial charge in [-0.1, -0.05) is 20.8 Å². The van der Waals surface area contributed by atoms with Crippen molar-refractivity contribution in [1.29, 1.82) is 0 Å². The quantitative estimate of drug-likeness (QED) is 0.861. The van der Waals surface area contributed by atoms with Gasteiger partial charge >= 0.3 is 0 Å². The van der Waals surface area contributed by atoms with Gasteiger partial charge in [-0.2, -0.15) is 0 Å². The molecule has 1 aromatic heterocycles. The summed E-state index contributed by atoms with van der Waals surface area (Å²) in [6.45, 7) is 7.26. The molecule has 19 heavy (non-hydrogen) atoms. The summed E-state index contributed by atoms with van der Waals surface area (Å²) in [5.74, 6) is 0.0353. The van der Waals surface area contributed by atoms with Crippen molar-refractivity contribution in [2.45, 2.75) is 50.0 Å². The maximum absolute atomic E-state index is 12.3. The average molecular weight is 303 g/mol. The van der Waals surface area contributed by atoms with Crippen LogP contribution in [0.3, 0.4) is 0 Å². The van der Waals surface area contributed by atoms with Crippen LogP contribution in [0.4, 0.5) is 0 Å². The zero-order chi connectivity index (χ0) is 14.1. The highest BCUT2D eigenvalue weighted by molar-refractivity contribution is 7.91. The molecule has 0 radical (unpaired) electrons. The number of ether oxygens (including phenoxy) is 1. The van der Waals surface area contributed by atoms with Crippen LogP contribution in [0, 0.1) is 0 Å². The lowest BCUT2D eigenvalue weighted by molar-refractivity contribution is 0.0991. The van der Waals surface area contributed by atoms with Crippen LogP contribution in [0.2, 0.25) is 0 Å². The Morgan fingerprint density at radius 1 is 1.47 bits per heavy atom. The van der Waals surface area contributed by atoms with E-state index in [1.807, 2.05) is 5.38 Å². The van der Waals surface area contributed by atoms with Gasteiger partial charge in [0.25, 0.3) is 0 Å². The van der Waals surface area contributed by atoms with Crippen LogP contribution in [0.25, 0.3) is 0 Å². The Morgan fingerprint density at radius 3 is 2.74 bits per heavy atom. The molecule has 0 spiro atoms. The van der Waals surface area contributed by atoms with Crippen molar-refractivity contribution in [2.75, 3.05) is 13.2 Å². The summed E-state index contributed by atoms with van der Waals surface area (Å²) in [5, 5.41) is 2.49. The third-order valence-electron chi connectivity index (χ3n) is 3.17. The number of hydrogen-bond donors (Lipinski definition) is 0.